The number of Topliss-reactive ketones (excluding diaryl/α,β-unsaturated/α-hetero) is 1. The fourth-order valence-electron chi connectivity index (χ4n) is 7.14. The van der Waals surface area contributed by atoms with Crippen LogP contribution < -0.4 is 0 Å². The molecular weight excluding hydrogens is 423 g/mol. The van der Waals surface area contributed by atoms with Crippen LogP contribution >= 0.6 is 23.2 Å². The van der Waals surface area contributed by atoms with Gasteiger partial charge in [-0.05, 0) is 80.8 Å². The molecule has 0 aromatic rings. The van der Waals surface area contributed by atoms with E-state index < -0.39 is 22.4 Å². The van der Waals surface area contributed by atoms with Crippen LogP contribution in [0.1, 0.15) is 66.2 Å². The molecule has 0 radical (unpaired) electrons. The fourth-order valence-corrected chi connectivity index (χ4v) is 7.60. The Bertz CT molecular complexity index is 874. The van der Waals surface area contributed by atoms with Gasteiger partial charge in [-0.1, -0.05) is 31.5 Å². The van der Waals surface area contributed by atoms with E-state index in [-0.39, 0.29) is 28.8 Å². The lowest BCUT2D eigenvalue weighted by molar-refractivity contribution is -0.186. The van der Waals surface area contributed by atoms with Crippen LogP contribution in [0.15, 0.2) is 22.8 Å². The molecule has 1 unspecified atom stereocenters. The predicted molar refractivity (Wildman–Crippen MR) is 116 cm³/mol. The third-order valence-corrected chi connectivity index (χ3v) is 9.35. The van der Waals surface area contributed by atoms with E-state index in [1.807, 2.05) is 0 Å². The summed E-state index contributed by atoms with van der Waals surface area (Å²) >= 11 is 12.7. The van der Waals surface area contributed by atoms with Crippen molar-refractivity contribution in [2.24, 2.45) is 28.6 Å². The summed E-state index contributed by atoms with van der Waals surface area (Å²) in [7, 11) is 0. The Kier molecular flexibility index (Phi) is 5.30. The molecule has 0 saturated heterocycles. The smallest absolute Gasteiger partial charge is 0.324 e. The Hall–Kier alpha value is -1.13. The average Bonchev–Trinajstić information content (AvgIpc) is 2.97. The van der Waals surface area contributed by atoms with Crippen molar-refractivity contribution in [3.05, 3.63) is 22.8 Å². The van der Waals surface area contributed by atoms with Crippen LogP contribution in [-0.4, -0.2) is 28.5 Å². The van der Waals surface area contributed by atoms with Crippen LogP contribution in [-0.2, 0) is 19.1 Å². The summed E-state index contributed by atoms with van der Waals surface area (Å²) in [4.78, 5) is 37.4. The molecule has 0 bridgehead atoms. The second-order valence-electron chi connectivity index (χ2n) is 10.2. The largest absolute Gasteiger partial charge is 0.449 e. The van der Waals surface area contributed by atoms with Crippen molar-refractivity contribution in [3.8, 4) is 0 Å². The summed E-state index contributed by atoms with van der Waals surface area (Å²) in [5, 5.41) is -0.127. The maximum absolute atomic E-state index is 12.9. The van der Waals surface area contributed by atoms with Crippen molar-refractivity contribution in [2.75, 3.05) is 0 Å². The van der Waals surface area contributed by atoms with E-state index in [0.29, 0.717) is 23.8 Å². The molecule has 6 heteroatoms. The molecule has 2 fully saturated rings. The number of halogens is 2. The molecule has 4 aliphatic carbocycles. The molecule has 0 spiro atoms. The summed E-state index contributed by atoms with van der Waals surface area (Å²) in [6, 6.07) is 0. The fraction of sp³-hybridized carbons (Fsp3) is 0.708. The van der Waals surface area contributed by atoms with E-state index in [9.17, 15) is 14.4 Å². The van der Waals surface area contributed by atoms with Gasteiger partial charge in [-0.2, -0.15) is 0 Å². The van der Waals surface area contributed by atoms with Gasteiger partial charge < -0.3 is 4.74 Å². The highest BCUT2D eigenvalue weighted by molar-refractivity contribution is 6.32. The molecule has 0 aromatic heterocycles. The Morgan fingerprint density at radius 2 is 1.83 bits per heavy atom. The maximum atomic E-state index is 12.9. The number of alkyl halides is 1. The van der Waals surface area contributed by atoms with E-state index in [2.05, 4.69) is 19.9 Å². The highest BCUT2D eigenvalue weighted by Crippen LogP contribution is 2.68. The van der Waals surface area contributed by atoms with Crippen molar-refractivity contribution in [3.63, 3.8) is 0 Å². The van der Waals surface area contributed by atoms with Gasteiger partial charge in [0.15, 0.2) is 17.2 Å². The minimum atomic E-state index is -1.14. The zero-order valence-corrected chi connectivity index (χ0v) is 19.6. The predicted octanol–water partition coefficient (Wildman–Crippen LogP) is 5.36. The minimum absolute atomic E-state index is 0.0995. The molecule has 0 amide bonds. The normalized spacial score (nSPS) is 43.5. The standard InChI is InChI=1S/C24H30Cl2O4/c1-13(25)21(29)30-24(14(2)27)10-7-18-16-12-20(26)19-11-15(28)5-8-22(19,3)17(16)6-9-23(18,24)4/h11-13,16-18H,5-10H2,1-4H3/t13?,16-,17+,18+,22-,23+,24+/m1/s1. The molecule has 2 saturated carbocycles. The van der Waals surface area contributed by atoms with Crippen LogP contribution in [0.25, 0.3) is 0 Å². The molecule has 0 aromatic carbocycles. The first-order valence-electron chi connectivity index (χ1n) is 11.0. The number of carbonyl (C=O) groups excluding carboxylic acids is 3. The summed E-state index contributed by atoms with van der Waals surface area (Å²) in [5.74, 6) is 0.256. The van der Waals surface area contributed by atoms with E-state index in [0.717, 1.165) is 31.3 Å². The summed E-state index contributed by atoms with van der Waals surface area (Å²) in [6.45, 7) is 7.45. The van der Waals surface area contributed by atoms with Gasteiger partial charge in [0.05, 0.1) is 0 Å². The second kappa shape index (κ2) is 7.20. The van der Waals surface area contributed by atoms with E-state index in [1.165, 1.54) is 6.92 Å². The molecule has 0 heterocycles. The number of hydrogen-bond acceptors (Lipinski definition) is 4. The van der Waals surface area contributed by atoms with Gasteiger partial charge in [0.25, 0.3) is 0 Å². The topological polar surface area (TPSA) is 60.4 Å². The number of hydrogen-bond donors (Lipinski definition) is 0. The van der Waals surface area contributed by atoms with Crippen molar-refractivity contribution in [2.45, 2.75) is 77.2 Å². The Morgan fingerprint density at radius 3 is 2.47 bits per heavy atom. The quantitative estimate of drug-likeness (QED) is 0.427. The first-order chi connectivity index (χ1) is 14.0. The van der Waals surface area contributed by atoms with Gasteiger partial charge in [0.2, 0.25) is 0 Å². The number of ether oxygens (including phenoxy) is 1. The van der Waals surface area contributed by atoms with Crippen LogP contribution in [0.2, 0.25) is 0 Å². The number of allylic oxidation sites excluding steroid dienone is 4. The Morgan fingerprint density at radius 1 is 1.17 bits per heavy atom. The lowest BCUT2D eigenvalue weighted by atomic mass is 9.48. The molecule has 30 heavy (non-hydrogen) atoms. The number of ketones is 2. The van der Waals surface area contributed by atoms with Gasteiger partial charge in [-0.15, -0.1) is 11.6 Å². The van der Waals surface area contributed by atoms with Gasteiger partial charge in [-0.25, -0.2) is 0 Å². The summed E-state index contributed by atoms with van der Waals surface area (Å²) in [5.41, 5.74) is -0.752. The van der Waals surface area contributed by atoms with E-state index in [4.69, 9.17) is 27.9 Å². The molecule has 7 atom stereocenters. The zero-order chi connectivity index (χ0) is 22.1. The average molecular weight is 453 g/mol. The first kappa shape index (κ1) is 22.1. The maximum Gasteiger partial charge on any atom is 0.324 e. The highest BCUT2D eigenvalue weighted by atomic mass is 35.5. The van der Waals surface area contributed by atoms with Crippen LogP contribution in [0.4, 0.5) is 0 Å². The molecular formula is C24H30Cl2O4. The lowest BCUT2D eigenvalue weighted by Gasteiger charge is -2.57. The molecule has 0 aliphatic heterocycles. The van der Waals surface area contributed by atoms with Crippen molar-refractivity contribution >= 4 is 40.7 Å². The minimum Gasteiger partial charge on any atom is -0.449 e. The number of esters is 1. The Balaban J connectivity index is 1.76. The zero-order valence-electron chi connectivity index (χ0n) is 18.1. The Labute approximate surface area is 188 Å². The third-order valence-electron chi connectivity index (χ3n) is 8.85. The van der Waals surface area contributed by atoms with E-state index >= 15 is 0 Å². The van der Waals surface area contributed by atoms with Gasteiger partial charge in [0.1, 0.15) is 5.38 Å². The number of carbonyl (C=O) groups is 3. The summed E-state index contributed by atoms with van der Waals surface area (Å²) < 4.78 is 5.92. The van der Waals surface area contributed by atoms with E-state index in [1.54, 1.807) is 13.0 Å². The van der Waals surface area contributed by atoms with Crippen LogP contribution in [0.3, 0.4) is 0 Å². The molecule has 164 valence electrons. The first-order valence-corrected chi connectivity index (χ1v) is 11.8. The second-order valence-corrected chi connectivity index (χ2v) is 11.2. The van der Waals surface area contributed by atoms with Gasteiger partial charge in [0, 0.05) is 16.9 Å². The molecule has 4 nitrogen and oxygen atoms in total. The number of fused-ring (bicyclic) bond motifs is 5. The third kappa shape index (κ3) is 2.89. The van der Waals surface area contributed by atoms with Gasteiger partial charge in [-0.3, -0.25) is 14.4 Å². The highest BCUT2D eigenvalue weighted by Gasteiger charge is 2.67. The lowest BCUT2D eigenvalue weighted by Crippen LogP contribution is -2.58. The van der Waals surface area contributed by atoms with Gasteiger partial charge >= 0.3 is 5.97 Å². The molecule has 4 rings (SSSR count). The van der Waals surface area contributed by atoms with Crippen LogP contribution in [0, 0.1) is 28.6 Å². The molecule has 0 N–H and O–H groups in total. The SMILES string of the molecule is CC(=O)[C@@]1(OC(=O)C(C)Cl)CC[C@H]2[C@@H]3C=C(Cl)C4=CC(=O)CC[C@]4(C)[C@H]3CC[C@@]21C. The van der Waals surface area contributed by atoms with Crippen molar-refractivity contribution in [1.82, 2.24) is 0 Å². The van der Waals surface area contributed by atoms with Crippen molar-refractivity contribution in [1.29, 1.82) is 0 Å². The number of rotatable bonds is 3. The monoisotopic (exact) mass is 452 g/mol. The summed E-state index contributed by atoms with van der Waals surface area (Å²) in [6.07, 6.45) is 8.24. The molecule has 4 aliphatic rings. The van der Waals surface area contributed by atoms with Crippen LogP contribution in [0.5, 0.6) is 0 Å². The van der Waals surface area contributed by atoms with Crippen molar-refractivity contribution < 1.29 is 19.1 Å².